The predicted octanol–water partition coefficient (Wildman–Crippen LogP) is 2.56. The molecule has 1 aromatic carbocycles. The van der Waals surface area contributed by atoms with Gasteiger partial charge in [-0.1, -0.05) is 25.1 Å². The van der Waals surface area contributed by atoms with Gasteiger partial charge in [0.15, 0.2) is 0 Å². The molecule has 0 aliphatic rings. The van der Waals surface area contributed by atoms with Crippen LogP contribution in [0, 0.1) is 0 Å². The standard InChI is InChI=1S/C16H20N2O4/c1-10(12-9-17-13-8-6-5-7-11(12)13)16(2,14(19)21-3)18-15(20)22-4/h5-10,17H,1-4H3,(H,18,20)/t10-,16-/m0/s1. The second-order valence-electron chi connectivity index (χ2n) is 5.32. The minimum absolute atomic E-state index is 0.324. The number of para-hydroxylation sites is 1. The predicted molar refractivity (Wildman–Crippen MR) is 82.7 cm³/mol. The van der Waals surface area contributed by atoms with Crippen molar-refractivity contribution in [3.05, 3.63) is 36.0 Å². The van der Waals surface area contributed by atoms with Crippen molar-refractivity contribution in [2.24, 2.45) is 0 Å². The Morgan fingerprint density at radius 2 is 1.91 bits per heavy atom. The minimum Gasteiger partial charge on any atom is -0.467 e. The monoisotopic (exact) mass is 304 g/mol. The summed E-state index contributed by atoms with van der Waals surface area (Å²) in [5.41, 5.74) is 0.641. The first-order valence-electron chi connectivity index (χ1n) is 6.94. The number of aromatic amines is 1. The molecule has 6 nitrogen and oxygen atoms in total. The van der Waals surface area contributed by atoms with Gasteiger partial charge in [-0.3, -0.25) is 0 Å². The molecule has 2 N–H and O–H groups in total. The number of hydrogen-bond donors (Lipinski definition) is 2. The van der Waals surface area contributed by atoms with Crippen LogP contribution >= 0.6 is 0 Å². The van der Waals surface area contributed by atoms with E-state index in [0.717, 1.165) is 16.5 Å². The van der Waals surface area contributed by atoms with Gasteiger partial charge in [0.25, 0.3) is 0 Å². The Bertz CT molecular complexity index is 694. The number of fused-ring (bicyclic) bond motifs is 1. The van der Waals surface area contributed by atoms with Gasteiger partial charge in [-0.2, -0.15) is 0 Å². The third-order valence-electron chi connectivity index (χ3n) is 4.11. The smallest absolute Gasteiger partial charge is 0.407 e. The van der Waals surface area contributed by atoms with Crippen LogP contribution in [0.1, 0.15) is 25.3 Å². The number of esters is 1. The number of aromatic nitrogens is 1. The number of methoxy groups -OCH3 is 2. The van der Waals surface area contributed by atoms with Crippen LogP contribution in [-0.2, 0) is 14.3 Å². The van der Waals surface area contributed by atoms with Crippen molar-refractivity contribution < 1.29 is 19.1 Å². The molecule has 118 valence electrons. The highest BCUT2D eigenvalue weighted by molar-refractivity contribution is 5.89. The van der Waals surface area contributed by atoms with E-state index in [1.54, 1.807) is 6.92 Å². The lowest BCUT2D eigenvalue weighted by molar-refractivity contribution is -0.148. The molecule has 2 rings (SSSR count). The highest BCUT2D eigenvalue weighted by atomic mass is 16.5. The van der Waals surface area contributed by atoms with Crippen molar-refractivity contribution in [3.8, 4) is 0 Å². The maximum atomic E-state index is 12.3. The Hall–Kier alpha value is -2.50. The average molecular weight is 304 g/mol. The quantitative estimate of drug-likeness (QED) is 0.851. The molecule has 1 heterocycles. The fraction of sp³-hybridized carbons (Fsp3) is 0.375. The average Bonchev–Trinajstić information content (AvgIpc) is 2.96. The Morgan fingerprint density at radius 1 is 1.23 bits per heavy atom. The highest BCUT2D eigenvalue weighted by Gasteiger charge is 2.43. The molecule has 0 aliphatic carbocycles. The molecule has 0 saturated carbocycles. The summed E-state index contributed by atoms with van der Waals surface area (Å²) < 4.78 is 9.50. The number of amides is 1. The SMILES string of the molecule is COC(=O)N[C@](C)(C(=O)OC)[C@@H](C)c1c[nH]c2ccccc12. The molecular formula is C16H20N2O4. The van der Waals surface area contributed by atoms with Gasteiger partial charge in [-0.05, 0) is 18.6 Å². The Kier molecular flexibility index (Phi) is 4.40. The first kappa shape index (κ1) is 15.9. The minimum atomic E-state index is -1.24. The molecule has 0 radical (unpaired) electrons. The van der Waals surface area contributed by atoms with Gasteiger partial charge in [-0.15, -0.1) is 0 Å². The number of H-pyrrole nitrogens is 1. The van der Waals surface area contributed by atoms with E-state index in [0.29, 0.717) is 0 Å². The van der Waals surface area contributed by atoms with Gasteiger partial charge in [0, 0.05) is 23.0 Å². The number of ether oxygens (including phenoxy) is 2. The summed E-state index contributed by atoms with van der Waals surface area (Å²) in [4.78, 5) is 27.1. The molecule has 0 saturated heterocycles. The fourth-order valence-corrected chi connectivity index (χ4v) is 2.57. The summed E-state index contributed by atoms with van der Waals surface area (Å²) in [6.45, 7) is 3.49. The third kappa shape index (κ3) is 2.64. The molecule has 0 spiro atoms. The molecule has 0 fully saturated rings. The van der Waals surface area contributed by atoms with E-state index < -0.39 is 17.6 Å². The van der Waals surface area contributed by atoms with Crippen molar-refractivity contribution in [3.63, 3.8) is 0 Å². The lowest BCUT2D eigenvalue weighted by atomic mass is 9.81. The van der Waals surface area contributed by atoms with Crippen molar-refractivity contribution in [1.29, 1.82) is 0 Å². The van der Waals surface area contributed by atoms with Crippen LogP contribution < -0.4 is 5.32 Å². The zero-order valence-corrected chi connectivity index (χ0v) is 13.1. The number of carbonyl (C=O) groups excluding carboxylic acids is 2. The zero-order valence-electron chi connectivity index (χ0n) is 13.1. The molecule has 1 amide bonds. The zero-order chi connectivity index (χ0) is 16.3. The number of carbonyl (C=O) groups is 2. The Labute approximate surface area is 128 Å². The topological polar surface area (TPSA) is 80.4 Å². The Balaban J connectivity index is 2.46. The van der Waals surface area contributed by atoms with Crippen LogP contribution in [0.3, 0.4) is 0 Å². The molecule has 0 unspecified atom stereocenters. The summed E-state index contributed by atoms with van der Waals surface area (Å²) in [5.74, 6) is -0.856. The van der Waals surface area contributed by atoms with Gasteiger partial charge in [0.1, 0.15) is 5.54 Å². The second kappa shape index (κ2) is 6.09. The van der Waals surface area contributed by atoms with Crippen molar-refractivity contribution in [2.75, 3.05) is 14.2 Å². The van der Waals surface area contributed by atoms with Gasteiger partial charge in [0.05, 0.1) is 14.2 Å². The van der Waals surface area contributed by atoms with Crippen LogP contribution in [-0.4, -0.2) is 36.8 Å². The lowest BCUT2D eigenvalue weighted by Gasteiger charge is -2.33. The summed E-state index contributed by atoms with van der Waals surface area (Å²) in [5, 5.41) is 3.59. The fourth-order valence-electron chi connectivity index (χ4n) is 2.57. The van der Waals surface area contributed by atoms with Crippen LogP contribution in [0.5, 0.6) is 0 Å². The van der Waals surface area contributed by atoms with E-state index in [1.807, 2.05) is 37.4 Å². The van der Waals surface area contributed by atoms with Gasteiger partial charge < -0.3 is 19.8 Å². The van der Waals surface area contributed by atoms with Crippen LogP contribution in [0.4, 0.5) is 4.79 Å². The molecule has 2 atom stereocenters. The number of nitrogens with one attached hydrogen (secondary N) is 2. The molecular weight excluding hydrogens is 284 g/mol. The molecule has 0 aliphatic heterocycles. The molecule has 6 heteroatoms. The molecule has 1 aromatic heterocycles. The number of alkyl carbamates (subject to hydrolysis) is 1. The van der Waals surface area contributed by atoms with E-state index in [1.165, 1.54) is 14.2 Å². The van der Waals surface area contributed by atoms with Crippen LogP contribution in [0.2, 0.25) is 0 Å². The number of rotatable bonds is 4. The largest absolute Gasteiger partial charge is 0.467 e. The maximum absolute atomic E-state index is 12.3. The lowest BCUT2D eigenvalue weighted by Crippen LogP contribution is -2.56. The third-order valence-corrected chi connectivity index (χ3v) is 4.11. The van der Waals surface area contributed by atoms with E-state index in [-0.39, 0.29) is 5.92 Å². The van der Waals surface area contributed by atoms with Crippen LogP contribution in [0.15, 0.2) is 30.5 Å². The van der Waals surface area contributed by atoms with Crippen molar-refractivity contribution >= 4 is 23.0 Å². The number of hydrogen-bond acceptors (Lipinski definition) is 4. The molecule has 0 bridgehead atoms. The first-order chi connectivity index (χ1) is 10.4. The van der Waals surface area contributed by atoms with Crippen molar-refractivity contribution in [1.82, 2.24) is 10.3 Å². The Morgan fingerprint density at radius 3 is 2.55 bits per heavy atom. The van der Waals surface area contributed by atoms with E-state index >= 15 is 0 Å². The van der Waals surface area contributed by atoms with Gasteiger partial charge >= 0.3 is 12.1 Å². The summed E-state index contributed by atoms with van der Waals surface area (Å²) >= 11 is 0. The number of benzene rings is 1. The van der Waals surface area contributed by atoms with E-state index in [2.05, 4.69) is 15.0 Å². The normalized spacial score (nSPS) is 14.9. The maximum Gasteiger partial charge on any atom is 0.407 e. The molecule has 22 heavy (non-hydrogen) atoms. The van der Waals surface area contributed by atoms with Crippen LogP contribution in [0.25, 0.3) is 10.9 Å². The summed E-state index contributed by atoms with van der Waals surface area (Å²) in [6.07, 6.45) is 1.16. The van der Waals surface area contributed by atoms with Crippen molar-refractivity contribution in [2.45, 2.75) is 25.3 Å². The molecule has 2 aromatic rings. The van der Waals surface area contributed by atoms with Gasteiger partial charge in [0.2, 0.25) is 0 Å². The summed E-state index contributed by atoms with van der Waals surface area (Å²) in [7, 11) is 2.55. The van der Waals surface area contributed by atoms with E-state index in [9.17, 15) is 9.59 Å². The van der Waals surface area contributed by atoms with Gasteiger partial charge in [-0.25, -0.2) is 9.59 Å². The highest BCUT2D eigenvalue weighted by Crippen LogP contribution is 2.34. The second-order valence-corrected chi connectivity index (χ2v) is 5.32. The summed E-state index contributed by atoms with van der Waals surface area (Å²) in [6, 6.07) is 7.78. The van der Waals surface area contributed by atoms with E-state index in [4.69, 9.17) is 4.74 Å². The first-order valence-corrected chi connectivity index (χ1v) is 6.94.